The van der Waals surface area contributed by atoms with Crippen LogP contribution in [0, 0.1) is 0 Å². The Bertz CT molecular complexity index is 584. The van der Waals surface area contributed by atoms with Crippen molar-refractivity contribution < 1.29 is 22.4 Å². The maximum absolute atomic E-state index is 11.9. The van der Waals surface area contributed by atoms with Crippen molar-refractivity contribution in [1.29, 1.82) is 0 Å². The highest BCUT2D eigenvalue weighted by atomic mass is 19.4. The van der Waals surface area contributed by atoms with Crippen LogP contribution in [0.2, 0.25) is 0 Å². The van der Waals surface area contributed by atoms with Crippen LogP contribution >= 0.6 is 0 Å². The summed E-state index contributed by atoms with van der Waals surface area (Å²) in [7, 11) is 0. The Kier molecular flexibility index (Phi) is 4.79. The molecule has 0 saturated heterocycles. The molecular weight excluding hydrogens is 287 g/mol. The first-order valence-electron chi connectivity index (χ1n) is 6.23. The Morgan fingerprint density at radius 2 is 2.05 bits per heavy atom. The van der Waals surface area contributed by atoms with E-state index in [4.69, 9.17) is 10.3 Å². The number of alkyl halides is 3. The molecule has 0 fully saturated rings. The fourth-order valence-electron chi connectivity index (χ4n) is 1.71. The largest absolute Gasteiger partial charge is 0.411 e. The number of ether oxygens (including phenoxy) is 1. The molecule has 2 aromatic rings. The molecule has 5 nitrogen and oxygen atoms in total. The lowest BCUT2D eigenvalue weighted by atomic mass is 10.1. The van der Waals surface area contributed by atoms with Gasteiger partial charge in [-0.25, -0.2) is 0 Å². The summed E-state index contributed by atoms with van der Waals surface area (Å²) in [6.45, 7) is -1.67. The summed E-state index contributed by atoms with van der Waals surface area (Å²) in [4.78, 5) is 3.97. The minimum absolute atomic E-state index is 0.0989. The molecule has 114 valence electrons. The van der Waals surface area contributed by atoms with Crippen molar-refractivity contribution in [2.45, 2.75) is 25.6 Å². The normalized spacial score (nSPS) is 11.8. The molecule has 8 heteroatoms. The molecule has 2 rings (SSSR count). The van der Waals surface area contributed by atoms with Gasteiger partial charge in [-0.05, 0) is 24.1 Å². The van der Waals surface area contributed by atoms with Gasteiger partial charge < -0.3 is 15.0 Å². The Morgan fingerprint density at radius 3 is 2.76 bits per heavy atom. The molecule has 0 radical (unpaired) electrons. The molecule has 1 aromatic carbocycles. The summed E-state index contributed by atoms with van der Waals surface area (Å²) in [6.07, 6.45) is -3.23. The van der Waals surface area contributed by atoms with Gasteiger partial charge in [0.05, 0.1) is 0 Å². The molecule has 0 amide bonds. The zero-order chi connectivity index (χ0) is 15.3. The second kappa shape index (κ2) is 6.57. The number of nitrogen functional groups attached to an aromatic ring is 1. The number of hydrogen-bond acceptors (Lipinski definition) is 5. The molecule has 0 aliphatic rings. The Labute approximate surface area is 118 Å². The van der Waals surface area contributed by atoms with Gasteiger partial charge in [-0.1, -0.05) is 17.3 Å². The highest BCUT2D eigenvalue weighted by molar-refractivity contribution is 5.40. The quantitative estimate of drug-likeness (QED) is 0.830. The minimum atomic E-state index is -4.36. The van der Waals surface area contributed by atoms with E-state index in [-0.39, 0.29) is 12.4 Å². The number of anilines is 1. The third-order valence-corrected chi connectivity index (χ3v) is 2.59. The van der Waals surface area contributed by atoms with Gasteiger partial charge in [0.1, 0.15) is 13.2 Å². The number of rotatable bonds is 6. The third-order valence-electron chi connectivity index (χ3n) is 2.59. The van der Waals surface area contributed by atoms with Crippen molar-refractivity contribution >= 4 is 5.69 Å². The summed E-state index contributed by atoms with van der Waals surface area (Å²) in [6, 6.07) is 7.38. The first-order valence-corrected chi connectivity index (χ1v) is 6.23. The van der Waals surface area contributed by atoms with E-state index in [2.05, 4.69) is 14.9 Å². The number of nitrogens with two attached hydrogens (primary N) is 1. The van der Waals surface area contributed by atoms with Crippen LogP contribution in [0.25, 0.3) is 0 Å². The second-order valence-corrected chi connectivity index (χ2v) is 4.46. The van der Waals surface area contributed by atoms with Gasteiger partial charge >= 0.3 is 6.18 Å². The molecule has 0 spiro atoms. The van der Waals surface area contributed by atoms with Crippen LogP contribution < -0.4 is 5.73 Å². The van der Waals surface area contributed by atoms with Crippen LogP contribution in [0.1, 0.15) is 17.3 Å². The first kappa shape index (κ1) is 15.3. The summed E-state index contributed by atoms with van der Waals surface area (Å²) in [5.74, 6) is 0.449. The summed E-state index contributed by atoms with van der Waals surface area (Å²) in [5, 5.41) is 3.56. The second-order valence-electron chi connectivity index (χ2n) is 4.46. The molecule has 0 aliphatic carbocycles. The SMILES string of the molecule is Nc1cccc(CCc2nc(COCC(F)(F)F)no2)c1. The van der Waals surface area contributed by atoms with Crippen molar-refractivity contribution in [2.75, 3.05) is 12.3 Å². The smallest absolute Gasteiger partial charge is 0.399 e. The number of halogens is 3. The van der Waals surface area contributed by atoms with Crippen molar-refractivity contribution in [3.8, 4) is 0 Å². The van der Waals surface area contributed by atoms with Gasteiger partial charge in [0.25, 0.3) is 0 Å². The third kappa shape index (κ3) is 5.42. The van der Waals surface area contributed by atoms with E-state index < -0.39 is 12.8 Å². The lowest BCUT2D eigenvalue weighted by Crippen LogP contribution is -2.16. The predicted molar refractivity (Wildman–Crippen MR) is 68.3 cm³/mol. The van der Waals surface area contributed by atoms with Crippen LogP contribution in [0.4, 0.5) is 18.9 Å². The summed E-state index contributed by atoms with van der Waals surface area (Å²) in [5.41, 5.74) is 7.34. The number of aryl methyl sites for hydroxylation is 2. The maximum Gasteiger partial charge on any atom is 0.411 e. The summed E-state index contributed by atoms with van der Waals surface area (Å²) >= 11 is 0. The average Bonchev–Trinajstić information content (AvgIpc) is 2.83. The molecule has 0 bridgehead atoms. The van der Waals surface area contributed by atoms with E-state index in [1.165, 1.54) is 0 Å². The molecule has 21 heavy (non-hydrogen) atoms. The van der Waals surface area contributed by atoms with Gasteiger partial charge in [-0.15, -0.1) is 0 Å². The van der Waals surface area contributed by atoms with Crippen molar-refractivity contribution in [1.82, 2.24) is 10.1 Å². The van der Waals surface area contributed by atoms with Crippen LogP contribution in [0.5, 0.6) is 0 Å². The maximum atomic E-state index is 11.9. The van der Waals surface area contributed by atoms with Crippen molar-refractivity contribution in [2.24, 2.45) is 0 Å². The molecule has 1 heterocycles. The molecule has 0 atom stereocenters. The highest BCUT2D eigenvalue weighted by Crippen LogP contribution is 2.15. The van der Waals surface area contributed by atoms with Crippen LogP contribution in [-0.4, -0.2) is 22.9 Å². The molecule has 0 unspecified atom stereocenters. The lowest BCUT2D eigenvalue weighted by Gasteiger charge is -2.04. The number of benzene rings is 1. The van der Waals surface area contributed by atoms with E-state index in [1.54, 1.807) is 6.07 Å². The average molecular weight is 301 g/mol. The van der Waals surface area contributed by atoms with E-state index in [9.17, 15) is 13.2 Å². The topological polar surface area (TPSA) is 74.2 Å². The lowest BCUT2D eigenvalue weighted by molar-refractivity contribution is -0.177. The van der Waals surface area contributed by atoms with E-state index in [1.807, 2.05) is 18.2 Å². The van der Waals surface area contributed by atoms with Gasteiger partial charge in [-0.3, -0.25) is 0 Å². The van der Waals surface area contributed by atoms with Crippen LogP contribution in [0.3, 0.4) is 0 Å². The zero-order valence-corrected chi connectivity index (χ0v) is 11.1. The van der Waals surface area contributed by atoms with E-state index in [0.29, 0.717) is 24.4 Å². The Morgan fingerprint density at radius 1 is 1.24 bits per heavy atom. The zero-order valence-electron chi connectivity index (χ0n) is 11.1. The van der Waals surface area contributed by atoms with Crippen LogP contribution in [0.15, 0.2) is 28.8 Å². The molecule has 0 saturated carbocycles. The summed E-state index contributed by atoms with van der Waals surface area (Å²) < 4.78 is 45.1. The Balaban J connectivity index is 1.80. The van der Waals surface area contributed by atoms with Gasteiger partial charge in [0, 0.05) is 12.1 Å². The minimum Gasteiger partial charge on any atom is -0.399 e. The van der Waals surface area contributed by atoms with Crippen LogP contribution in [-0.2, 0) is 24.2 Å². The fourth-order valence-corrected chi connectivity index (χ4v) is 1.71. The standard InChI is InChI=1S/C13H14F3N3O2/c14-13(15,16)8-20-7-11-18-12(21-19-11)5-4-9-2-1-3-10(17)6-9/h1-3,6H,4-5,7-8,17H2. The molecule has 0 aliphatic heterocycles. The Hall–Kier alpha value is -2.09. The fraction of sp³-hybridized carbons (Fsp3) is 0.385. The van der Waals surface area contributed by atoms with Gasteiger partial charge in [0.15, 0.2) is 5.82 Å². The number of nitrogens with zero attached hydrogens (tertiary/aromatic N) is 2. The van der Waals surface area contributed by atoms with Crippen molar-refractivity contribution in [3.63, 3.8) is 0 Å². The van der Waals surface area contributed by atoms with E-state index in [0.717, 1.165) is 5.56 Å². The monoisotopic (exact) mass is 301 g/mol. The van der Waals surface area contributed by atoms with Gasteiger partial charge in [0.2, 0.25) is 5.89 Å². The molecule has 1 aromatic heterocycles. The number of aromatic nitrogens is 2. The van der Waals surface area contributed by atoms with Crippen molar-refractivity contribution in [3.05, 3.63) is 41.5 Å². The predicted octanol–water partition coefficient (Wildman–Crippen LogP) is 2.52. The molecule has 2 N–H and O–H groups in total. The molecular formula is C13H14F3N3O2. The highest BCUT2D eigenvalue weighted by Gasteiger charge is 2.27. The van der Waals surface area contributed by atoms with E-state index >= 15 is 0 Å². The number of hydrogen-bond donors (Lipinski definition) is 1. The first-order chi connectivity index (χ1) is 9.92. The van der Waals surface area contributed by atoms with Gasteiger partial charge in [-0.2, -0.15) is 18.2 Å².